The van der Waals surface area contributed by atoms with E-state index in [4.69, 9.17) is 0 Å². The van der Waals surface area contributed by atoms with Gasteiger partial charge in [-0.3, -0.25) is 15.1 Å². The van der Waals surface area contributed by atoms with E-state index in [1.807, 2.05) is 31.2 Å². The number of rotatable bonds is 3. The van der Waals surface area contributed by atoms with Crippen LogP contribution in [-0.2, 0) is 6.42 Å². The van der Waals surface area contributed by atoms with Gasteiger partial charge in [0, 0.05) is 23.4 Å². The molecular formula is C13H12N2O2. The fraction of sp³-hybridized carbons (Fsp3) is 0.154. The first-order valence-electron chi connectivity index (χ1n) is 5.41. The zero-order chi connectivity index (χ0) is 12.3. The molecule has 0 spiro atoms. The summed E-state index contributed by atoms with van der Waals surface area (Å²) in [5, 5.41) is 10.9. The molecule has 1 aromatic heterocycles. The zero-order valence-electron chi connectivity index (χ0n) is 9.46. The second-order valence-electron chi connectivity index (χ2n) is 3.63. The molecule has 0 amide bonds. The van der Waals surface area contributed by atoms with E-state index in [2.05, 4.69) is 4.98 Å². The summed E-state index contributed by atoms with van der Waals surface area (Å²) in [7, 11) is 0. The van der Waals surface area contributed by atoms with Gasteiger partial charge in [-0.2, -0.15) is 0 Å². The maximum atomic E-state index is 10.9. The topological polar surface area (TPSA) is 56.0 Å². The van der Waals surface area contributed by atoms with Gasteiger partial charge < -0.3 is 0 Å². The highest BCUT2D eigenvalue weighted by Crippen LogP contribution is 2.29. The van der Waals surface area contributed by atoms with Crippen LogP contribution in [-0.4, -0.2) is 9.91 Å². The normalized spacial score (nSPS) is 10.2. The molecule has 0 saturated carbocycles. The van der Waals surface area contributed by atoms with Gasteiger partial charge in [0.05, 0.1) is 10.6 Å². The third kappa shape index (κ3) is 2.15. The van der Waals surface area contributed by atoms with Crippen molar-refractivity contribution in [3.8, 4) is 11.3 Å². The van der Waals surface area contributed by atoms with Crippen LogP contribution < -0.4 is 0 Å². The van der Waals surface area contributed by atoms with E-state index in [1.165, 1.54) is 6.07 Å². The van der Waals surface area contributed by atoms with Crippen LogP contribution in [0.1, 0.15) is 12.5 Å². The molecule has 0 atom stereocenters. The fourth-order valence-electron chi connectivity index (χ4n) is 1.88. The average Bonchev–Trinajstić information content (AvgIpc) is 2.38. The maximum absolute atomic E-state index is 10.9. The van der Waals surface area contributed by atoms with Crippen LogP contribution in [0.3, 0.4) is 0 Å². The molecule has 2 aromatic rings. The van der Waals surface area contributed by atoms with Crippen molar-refractivity contribution in [2.75, 3.05) is 0 Å². The maximum Gasteiger partial charge on any atom is 0.273 e. The Bertz CT molecular complexity index is 538. The lowest BCUT2D eigenvalue weighted by molar-refractivity contribution is -0.385. The summed E-state index contributed by atoms with van der Waals surface area (Å²) in [4.78, 5) is 14.8. The van der Waals surface area contributed by atoms with Crippen LogP contribution in [0.5, 0.6) is 0 Å². The number of aromatic nitrogens is 1. The van der Waals surface area contributed by atoms with E-state index in [9.17, 15) is 10.1 Å². The van der Waals surface area contributed by atoms with Crippen LogP contribution in [0.2, 0.25) is 0 Å². The zero-order valence-corrected chi connectivity index (χ0v) is 9.46. The molecule has 4 heteroatoms. The second kappa shape index (κ2) is 4.74. The molecular weight excluding hydrogens is 216 g/mol. The van der Waals surface area contributed by atoms with Crippen molar-refractivity contribution in [3.63, 3.8) is 0 Å². The molecule has 0 saturated heterocycles. The Morgan fingerprint density at radius 2 is 2.06 bits per heavy atom. The van der Waals surface area contributed by atoms with Crippen molar-refractivity contribution >= 4 is 5.69 Å². The van der Waals surface area contributed by atoms with Gasteiger partial charge in [0.1, 0.15) is 0 Å². The summed E-state index contributed by atoms with van der Waals surface area (Å²) in [6.07, 6.45) is 2.30. The monoisotopic (exact) mass is 228 g/mol. The molecule has 0 unspecified atom stereocenters. The number of nitro groups is 1. The van der Waals surface area contributed by atoms with Gasteiger partial charge >= 0.3 is 0 Å². The Morgan fingerprint density at radius 3 is 2.65 bits per heavy atom. The molecule has 1 aromatic carbocycles. The number of nitro benzene ring substituents is 1. The molecule has 0 fully saturated rings. The molecule has 0 aliphatic rings. The Morgan fingerprint density at radius 1 is 1.24 bits per heavy atom. The number of hydrogen-bond acceptors (Lipinski definition) is 3. The molecule has 0 aliphatic heterocycles. The van der Waals surface area contributed by atoms with Crippen LogP contribution in [0.15, 0.2) is 42.6 Å². The lowest BCUT2D eigenvalue weighted by Gasteiger charge is -2.07. The molecule has 0 N–H and O–H groups in total. The number of pyridine rings is 1. The van der Waals surface area contributed by atoms with Crippen LogP contribution in [0.25, 0.3) is 11.3 Å². The lowest BCUT2D eigenvalue weighted by Crippen LogP contribution is -1.97. The van der Waals surface area contributed by atoms with E-state index < -0.39 is 0 Å². The number of hydrogen-bond donors (Lipinski definition) is 0. The number of benzene rings is 1. The molecule has 0 aliphatic carbocycles. The minimum atomic E-state index is -0.342. The van der Waals surface area contributed by atoms with E-state index >= 15 is 0 Å². The molecule has 2 rings (SSSR count). The first kappa shape index (κ1) is 11.3. The van der Waals surface area contributed by atoms with Gasteiger partial charge in [0.2, 0.25) is 0 Å². The molecule has 17 heavy (non-hydrogen) atoms. The highest BCUT2D eigenvalue weighted by molar-refractivity contribution is 5.68. The quantitative estimate of drug-likeness (QED) is 0.598. The van der Waals surface area contributed by atoms with E-state index in [-0.39, 0.29) is 10.6 Å². The van der Waals surface area contributed by atoms with Gasteiger partial charge in [-0.25, -0.2) is 0 Å². The van der Waals surface area contributed by atoms with Crippen LogP contribution in [0, 0.1) is 10.1 Å². The summed E-state index contributed by atoms with van der Waals surface area (Å²) >= 11 is 0. The summed E-state index contributed by atoms with van der Waals surface area (Å²) in [6.45, 7) is 1.91. The fourth-order valence-corrected chi connectivity index (χ4v) is 1.88. The van der Waals surface area contributed by atoms with Gasteiger partial charge in [0.15, 0.2) is 0 Å². The Balaban J connectivity index is 2.63. The smallest absolute Gasteiger partial charge is 0.258 e. The number of nitrogens with zero attached hydrogens (tertiary/aromatic N) is 2. The Labute approximate surface area is 99.1 Å². The third-order valence-corrected chi connectivity index (χ3v) is 2.64. The van der Waals surface area contributed by atoms with Crippen molar-refractivity contribution in [2.24, 2.45) is 0 Å². The lowest BCUT2D eigenvalue weighted by atomic mass is 10.00. The van der Waals surface area contributed by atoms with Crippen LogP contribution in [0.4, 0.5) is 5.69 Å². The predicted octanol–water partition coefficient (Wildman–Crippen LogP) is 3.22. The molecule has 86 valence electrons. The predicted molar refractivity (Wildman–Crippen MR) is 65.7 cm³/mol. The van der Waals surface area contributed by atoms with Crippen molar-refractivity contribution in [1.29, 1.82) is 0 Å². The van der Waals surface area contributed by atoms with Gasteiger partial charge in [-0.05, 0) is 18.6 Å². The first-order chi connectivity index (χ1) is 8.24. The van der Waals surface area contributed by atoms with Crippen molar-refractivity contribution in [3.05, 3.63) is 58.3 Å². The third-order valence-electron chi connectivity index (χ3n) is 2.64. The van der Waals surface area contributed by atoms with E-state index in [1.54, 1.807) is 12.3 Å². The summed E-state index contributed by atoms with van der Waals surface area (Å²) in [5.74, 6) is 0. The minimum absolute atomic E-state index is 0.163. The molecule has 1 heterocycles. The van der Waals surface area contributed by atoms with Crippen molar-refractivity contribution in [2.45, 2.75) is 13.3 Å². The Kier molecular flexibility index (Phi) is 3.14. The minimum Gasteiger partial charge on any atom is -0.258 e. The SMILES string of the molecule is CCc1c(-c2ccccn2)cccc1[N+](=O)[O-]. The highest BCUT2D eigenvalue weighted by atomic mass is 16.6. The molecule has 0 radical (unpaired) electrons. The first-order valence-corrected chi connectivity index (χ1v) is 5.41. The Hall–Kier alpha value is -2.23. The largest absolute Gasteiger partial charge is 0.273 e. The second-order valence-corrected chi connectivity index (χ2v) is 3.63. The van der Waals surface area contributed by atoms with Gasteiger partial charge in [-0.1, -0.05) is 25.1 Å². The van der Waals surface area contributed by atoms with Crippen molar-refractivity contribution in [1.82, 2.24) is 4.98 Å². The van der Waals surface area contributed by atoms with Gasteiger partial charge in [-0.15, -0.1) is 0 Å². The summed E-state index contributed by atoms with van der Waals surface area (Å²) < 4.78 is 0. The summed E-state index contributed by atoms with van der Waals surface area (Å²) in [5.41, 5.74) is 2.50. The van der Waals surface area contributed by atoms with Crippen LogP contribution >= 0.6 is 0 Å². The van der Waals surface area contributed by atoms with Crippen molar-refractivity contribution < 1.29 is 4.92 Å². The van der Waals surface area contributed by atoms with E-state index in [0.29, 0.717) is 6.42 Å². The molecule has 0 bridgehead atoms. The highest BCUT2D eigenvalue weighted by Gasteiger charge is 2.16. The van der Waals surface area contributed by atoms with E-state index in [0.717, 1.165) is 16.8 Å². The van der Waals surface area contributed by atoms with Gasteiger partial charge in [0.25, 0.3) is 5.69 Å². The summed E-state index contributed by atoms with van der Waals surface area (Å²) in [6, 6.07) is 10.7. The standard InChI is InChI=1S/C13H12N2O2/c1-2-10-11(12-7-3-4-9-14-12)6-5-8-13(10)15(16)17/h3-9H,2H2,1H3. The molecule has 4 nitrogen and oxygen atoms in total. The average molecular weight is 228 g/mol.